The van der Waals surface area contributed by atoms with Gasteiger partial charge in [-0.1, -0.05) is 0 Å². The van der Waals surface area contributed by atoms with Crippen LogP contribution < -0.4 is 0 Å². The Balaban J connectivity index is 1.93. The topological polar surface area (TPSA) is 58.4 Å². The first-order valence-corrected chi connectivity index (χ1v) is 9.27. The van der Waals surface area contributed by atoms with Gasteiger partial charge in [-0.15, -0.1) is 0 Å². The zero-order valence-electron chi connectivity index (χ0n) is 14.3. The molecule has 1 aromatic carbocycles. The van der Waals surface area contributed by atoms with Crippen molar-refractivity contribution in [2.24, 2.45) is 7.05 Å². The molecule has 6 nitrogen and oxygen atoms in total. The maximum atomic E-state index is 13.4. The molecule has 2 heterocycles. The molecule has 0 aliphatic carbocycles. The lowest BCUT2D eigenvalue weighted by Crippen LogP contribution is -2.36. The first kappa shape index (κ1) is 18.0. The van der Waals surface area contributed by atoms with E-state index in [0.29, 0.717) is 19.0 Å². The van der Waals surface area contributed by atoms with Crippen molar-refractivity contribution in [3.05, 3.63) is 46.8 Å². The molecule has 136 valence electrons. The smallest absolute Gasteiger partial charge is 0.243 e. The third-order valence-electron chi connectivity index (χ3n) is 4.24. The maximum Gasteiger partial charge on any atom is 0.243 e. The quantitative estimate of drug-likeness (QED) is 0.819. The van der Waals surface area contributed by atoms with Crippen LogP contribution in [0.4, 0.5) is 8.78 Å². The van der Waals surface area contributed by atoms with Crippen molar-refractivity contribution in [1.29, 1.82) is 0 Å². The summed E-state index contributed by atoms with van der Waals surface area (Å²) in [5.41, 5.74) is 2.79. The Hall–Kier alpha value is -1.84. The number of aryl methyl sites for hydroxylation is 1. The molecule has 0 fully saturated rings. The second kappa shape index (κ2) is 6.47. The molecule has 0 radical (unpaired) electrons. The van der Waals surface area contributed by atoms with Crippen LogP contribution in [0.15, 0.2) is 23.1 Å². The second-order valence-electron chi connectivity index (χ2n) is 6.43. The third kappa shape index (κ3) is 3.44. The summed E-state index contributed by atoms with van der Waals surface area (Å²) >= 11 is 0. The molecule has 0 bridgehead atoms. The number of aromatic nitrogens is 2. The molecule has 1 aromatic heterocycles. The molecule has 1 aliphatic heterocycles. The van der Waals surface area contributed by atoms with Crippen molar-refractivity contribution in [3.8, 4) is 0 Å². The molecule has 0 unspecified atom stereocenters. The fourth-order valence-electron chi connectivity index (χ4n) is 3.09. The van der Waals surface area contributed by atoms with Crippen molar-refractivity contribution in [2.45, 2.75) is 24.4 Å². The molecule has 0 amide bonds. The average Bonchev–Trinajstić information content (AvgIpc) is 2.81. The maximum absolute atomic E-state index is 13.4. The van der Waals surface area contributed by atoms with E-state index in [2.05, 4.69) is 5.10 Å². The lowest BCUT2D eigenvalue weighted by Gasteiger charge is -2.27. The van der Waals surface area contributed by atoms with Gasteiger partial charge in [0.2, 0.25) is 10.0 Å². The highest BCUT2D eigenvalue weighted by Crippen LogP contribution is 2.27. The minimum absolute atomic E-state index is 0.132. The number of halogens is 2. The van der Waals surface area contributed by atoms with Gasteiger partial charge >= 0.3 is 0 Å². The average molecular weight is 370 g/mol. The van der Waals surface area contributed by atoms with E-state index in [4.69, 9.17) is 0 Å². The van der Waals surface area contributed by atoms with Crippen LogP contribution in [0.5, 0.6) is 0 Å². The highest BCUT2D eigenvalue weighted by Gasteiger charge is 2.32. The van der Waals surface area contributed by atoms with Crippen LogP contribution >= 0.6 is 0 Å². The lowest BCUT2D eigenvalue weighted by molar-refractivity contribution is 0.375. The van der Waals surface area contributed by atoms with Crippen LogP contribution in [0.3, 0.4) is 0 Å². The molecule has 3 rings (SSSR count). The van der Waals surface area contributed by atoms with Crippen LogP contribution in [-0.2, 0) is 36.6 Å². The van der Waals surface area contributed by atoms with Crippen molar-refractivity contribution in [2.75, 3.05) is 20.6 Å². The summed E-state index contributed by atoms with van der Waals surface area (Å²) in [4.78, 5) is 1.63. The van der Waals surface area contributed by atoms with Crippen LogP contribution in [0.2, 0.25) is 0 Å². The summed E-state index contributed by atoms with van der Waals surface area (Å²) < 4.78 is 55.3. The molecule has 0 N–H and O–H groups in total. The van der Waals surface area contributed by atoms with Gasteiger partial charge < -0.3 is 4.90 Å². The first-order valence-electron chi connectivity index (χ1n) is 7.83. The normalized spacial score (nSPS) is 15.6. The number of rotatable bonds is 4. The largest absolute Gasteiger partial charge is 0.303 e. The standard InChI is InChI=1S/C16H20F2N4O2S/c1-20(2)9-15-14-4-5-22(10-16(14)21(3)19-15)25(23,24)13-7-11(17)6-12(18)8-13/h6-8H,4-5,9-10H2,1-3H3. The predicted octanol–water partition coefficient (Wildman–Crippen LogP) is 1.51. The van der Waals surface area contributed by atoms with Gasteiger partial charge in [0, 0.05) is 31.8 Å². The molecule has 2 aromatic rings. The summed E-state index contributed by atoms with van der Waals surface area (Å²) in [5, 5.41) is 4.48. The number of hydrogen-bond acceptors (Lipinski definition) is 4. The van der Waals surface area contributed by atoms with Gasteiger partial charge in [0.15, 0.2) is 0 Å². The monoisotopic (exact) mass is 370 g/mol. The minimum Gasteiger partial charge on any atom is -0.303 e. The molecular formula is C16H20F2N4O2S. The van der Waals surface area contributed by atoms with Gasteiger partial charge in [-0.25, -0.2) is 17.2 Å². The molecule has 0 saturated heterocycles. The summed E-state index contributed by atoms with van der Waals surface area (Å²) in [6.07, 6.45) is 0.517. The number of nitrogens with zero attached hydrogens (tertiary/aromatic N) is 4. The predicted molar refractivity (Wildman–Crippen MR) is 88.3 cm³/mol. The van der Waals surface area contributed by atoms with E-state index in [9.17, 15) is 17.2 Å². The summed E-state index contributed by atoms with van der Waals surface area (Å²) in [5.74, 6) is -1.82. The third-order valence-corrected chi connectivity index (χ3v) is 6.06. The number of fused-ring (bicyclic) bond motifs is 1. The molecule has 0 saturated carbocycles. The number of benzene rings is 1. The van der Waals surface area contributed by atoms with Crippen molar-refractivity contribution < 1.29 is 17.2 Å². The van der Waals surface area contributed by atoms with E-state index in [1.807, 2.05) is 19.0 Å². The van der Waals surface area contributed by atoms with Gasteiger partial charge in [0.05, 0.1) is 22.8 Å². The molecule has 0 spiro atoms. The SMILES string of the molecule is CN(C)Cc1nn(C)c2c1CCN(S(=O)(=O)c1cc(F)cc(F)c1)C2. The highest BCUT2D eigenvalue weighted by atomic mass is 32.2. The van der Waals surface area contributed by atoms with Gasteiger partial charge in [0.25, 0.3) is 0 Å². The Morgan fingerprint density at radius 1 is 1.20 bits per heavy atom. The van der Waals surface area contributed by atoms with E-state index in [0.717, 1.165) is 29.1 Å². The highest BCUT2D eigenvalue weighted by molar-refractivity contribution is 7.89. The van der Waals surface area contributed by atoms with Gasteiger partial charge in [-0.3, -0.25) is 4.68 Å². The zero-order chi connectivity index (χ0) is 18.4. The van der Waals surface area contributed by atoms with E-state index in [-0.39, 0.29) is 18.0 Å². The summed E-state index contributed by atoms with van der Waals surface area (Å²) in [7, 11) is 1.68. The van der Waals surface area contributed by atoms with Crippen molar-refractivity contribution in [1.82, 2.24) is 19.0 Å². The van der Waals surface area contributed by atoms with E-state index < -0.39 is 21.7 Å². The molecule has 0 atom stereocenters. The molecule has 25 heavy (non-hydrogen) atoms. The lowest BCUT2D eigenvalue weighted by atomic mass is 10.1. The van der Waals surface area contributed by atoms with Gasteiger partial charge in [-0.2, -0.15) is 9.40 Å². The fourth-order valence-corrected chi connectivity index (χ4v) is 4.54. The first-order chi connectivity index (χ1) is 11.7. The number of hydrogen-bond donors (Lipinski definition) is 0. The molecular weight excluding hydrogens is 350 g/mol. The molecule has 1 aliphatic rings. The zero-order valence-corrected chi connectivity index (χ0v) is 15.1. The number of sulfonamides is 1. The Morgan fingerprint density at radius 3 is 2.44 bits per heavy atom. The fraction of sp³-hybridized carbons (Fsp3) is 0.438. The minimum atomic E-state index is -3.98. The van der Waals surface area contributed by atoms with E-state index >= 15 is 0 Å². The van der Waals surface area contributed by atoms with Gasteiger partial charge in [0.1, 0.15) is 11.6 Å². The summed E-state index contributed by atoms with van der Waals surface area (Å²) in [6.45, 7) is 1.05. The second-order valence-corrected chi connectivity index (χ2v) is 8.37. The Kier molecular flexibility index (Phi) is 4.65. The van der Waals surface area contributed by atoms with E-state index in [1.54, 1.807) is 11.7 Å². The van der Waals surface area contributed by atoms with Crippen molar-refractivity contribution >= 4 is 10.0 Å². The summed E-state index contributed by atoms with van der Waals surface area (Å²) in [6, 6.07) is 2.34. The Labute approximate surface area is 145 Å². The van der Waals surface area contributed by atoms with Crippen LogP contribution in [0.25, 0.3) is 0 Å². The van der Waals surface area contributed by atoms with Crippen molar-refractivity contribution in [3.63, 3.8) is 0 Å². The van der Waals surface area contributed by atoms with Crippen LogP contribution in [0.1, 0.15) is 17.0 Å². The van der Waals surface area contributed by atoms with E-state index in [1.165, 1.54) is 4.31 Å². The Bertz CT molecular complexity index is 889. The van der Waals surface area contributed by atoms with Crippen LogP contribution in [-0.4, -0.2) is 48.0 Å². The molecule has 9 heteroatoms. The van der Waals surface area contributed by atoms with Gasteiger partial charge in [-0.05, 0) is 32.6 Å². The Morgan fingerprint density at radius 2 is 1.84 bits per heavy atom. The van der Waals surface area contributed by atoms with Crippen LogP contribution in [0, 0.1) is 11.6 Å².